The molecule has 0 radical (unpaired) electrons. The molecule has 2 amide bonds. The summed E-state index contributed by atoms with van der Waals surface area (Å²) >= 11 is 11.9. The van der Waals surface area contributed by atoms with Gasteiger partial charge in [-0.1, -0.05) is 29.3 Å². The Morgan fingerprint density at radius 3 is 2.84 bits per heavy atom. The van der Waals surface area contributed by atoms with Gasteiger partial charge in [-0.3, -0.25) is 9.59 Å². The Labute approximate surface area is 121 Å². The molecule has 1 heterocycles. The van der Waals surface area contributed by atoms with Crippen LogP contribution in [0, 0.1) is 0 Å². The maximum absolute atomic E-state index is 12.1. The standard InChI is InChI=1S/C13H14Cl2N2O2/c1-17-7-8(5-6-11(17)18)16-13(19)9-3-2-4-10(14)12(9)15/h2-4,8H,5-7H2,1H3,(H,16,19)/t8-/m1/s1. The Kier molecular flexibility index (Phi) is 4.32. The molecule has 4 nitrogen and oxygen atoms in total. The summed E-state index contributed by atoms with van der Waals surface area (Å²) in [6.07, 6.45) is 1.10. The second kappa shape index (κ2) is 5.80. The third-order valence-corrected chi connectivity index (χ3v) is 3.98. The molecule has 1 aliphatic heterocycles. The Hall–Kier alpha value is -1.26. The lowest BCUT2D eigenvalue weighted by Crippen LogP contribution is -2.48. The van der Waals surface area contributed by atoms with Crippen LogP contribution in [0.25, 0.3) is 0 Å². The van der Waals surface area contributed by atoms with Gasteiger partial charge < -0.3 is 10.2 Å². The lowest BCUT2D eigenvalue weighted by atomic mass is 10.1. The molecule has 102 valence electrons. The molecule has 1 saturated heterocycles. The highest BCUT2D eigenvalue weighted by Crippen LogP contribution is 2.25. The first kappa shape index (κ1) is 14.2. The summed E-state index contributed by atoms with van der Waals surface area (Å²) in [5.74, 6) is -0.161. The molecule has 0 unspecified atom stereocenters. The van der Waals surface area contributed by atoms with Crippen molar-refractivity contribution in [1.29, 1.82) is 0 Å². The first-order valence-electron chi connectivity index (χ1n) is 5.98. The number of halogens is 2. The number of rotatable bonds is 2. The summed E-state index contributed by atoms with van der Waals surface area (Å²) in [7, 11) is 1.73. The van der Waals surface area contributed by atoms with Crippen LogP contribution in [0.2, 0.25) is 10.0 Å². The molecule has 0 saturated carbocycles. The van der Waals surface area contributed by atoms with Gasteiger partial charge in [-0.05, 0) is 18.6 Å². The summed E-state index contributed by atoms with van der Waals surface area (Å²) < 4.78 is 0. The van der Waals surface area contributed by atoms with E-state index in [2.05, 4.69) is 5.32 Å². The van der Waals surface area contributed by atoms with E-state index >= 15 is 0 Å². The predicted molar refractivity (Wildman–Crippen MR) is 74.6 cm³/mol. The number of hydrogen-bond acceptors (Lipinski definition) is 2. The number of likely N-dealkylation sites (N-methyl/N-ethyl adjacent to an activating group) is 1. The molecule has 0 aliphatic carbocycles. The SMILES string of the molecule is CN1C[C@H](NC(=O)c2cccc(Cl)c2Cl)CCC1=O. The molecule has 0 aromatic heterocycles. The predicted octanol–water partition coefficient (Wildman–Crippen LogP) is 2.34. The Morgan fingerprint density at radius 2 is 2.16 bits per heavy atom. The van der Waals surface area contributed by atoms with Gasteiger partial charge in [0.15, 0.2) is 0 Å². The number of carbonyl (C=O) groups excluding carboxylic acids is 2. The first-order valence-corrected chi connectivity index (χ1v) is 6.73. The highest BCUT2D eigenvalue weighted by atomic mass is 35.5. The van der Waals surface area contributed by atoms with Crippen molar-refractivity contribution in [2.75, 3.05) is 13.6 Å². The van der Waals surface area contributed by atoms with Gasteiger partial charge in [0, 0.05) is 26.1 Å². The zero-order valence-electron chi connectivity index (χ0n) is 10.5. The second-order valence-electron chi connectivity index (χ2n) is 4.58. The van der Waals surface area contributed by atoms with E-state index in [1.54, 1.807) is 30.1 Å². The number of carbonyl (C=O) groups is 2. The average molecular weight is 301 g/mol. The molecule has 0 bridgehead atoms. The number of nitrogens with zero attached hydrogens (tertiary/aromatic N) is 1. The van der Waals surface area contributed by atoms with E-state index in [1.807, 2.05) is 0 Å². The average Bonchev–Trinajstić information content (AvgIpc) is 2.37. The maximum Gasteiger partial charge on any atom is 0.253 e. The first-order chi connectivity index (χ1) is 8.99. The molecule has 1 aromatic carbocycles. The largest absolute Gasteiger partial charge is 0.347 e. The van der Waals surface area contributed by atoms with E-state index in [9.17, 15) is 9.59 Å². The third-order valence-electron chi connectivity index (χ3n) is 3.16. The molecule has 1 aliphatic rings. The molecule has 6 heteroatoms. The molecular formula is C13H14Cl2N2O2. The van der Waals surface area contributed by atoms with Gasteiger partial charge in [0.2, 0.25) is 5.91 Å². The van der Waals surface area contributed by atoms with E-state index < -0.39 is 0 Å². The minimum atomic E-state index is -0.264. The maximum atomic E-state index is 12.1. The Morgan fingerprint density at radius 1 is 1.42 bits per heavy atom. The van der Waals surface area contributed by atoms with Gasteiger partial charge in [-0.15, -0.1) is 0 Å². The van der Waals surface area contributed by atoms with E-state index in [1.165, 1.54) is 0 Å². The van der Waals surface area contributed by atoms with Crippen molar-refractivity contribution in [3.05, 3.63) is 33.8 Å². The van der Waals surface area contributed by atoms with Gasteiger partial charge in [0.25, 0.3) is 5.91 Å². The minimum Gasteiger partial charge on any atom is -0.347 e. The van der Waals surface area contributed by atoms with Crippen LogP contribution in [-0.4, -0.2) is 36.3 Å². The zero-order chi connectivity index (χ0) is 14.0. The van der Waals surface area contributed by atoms with Crippen molar-refractivity contribution in [2.45, 2.75) is 18.9 Å². The van der Waals surface area contributed by atoms with Crippen molar-refractivity contribution in [1.82, 2.24) is 10.2 Å². The smallest absolute Gasteiger partial charge is 0.253 e. The lowest BCUT2D eigenvalue weighted by Gasteiger charge is -2.30. The van der Waals surface area contributed by atoms with Crippen LogP contribution in [0.5, 0.6) is 0 Å². The van der Waals surface area contributed by atoms with Gasteiger partial charge in [0.1, 0.15) is 0 Å². The second-order valence-corrected chi connectivity index (χ2v) is 5.37. The summed E-state index contributed by atoms with van der Waals surface area (Å²) in [6, 6.07) is 4.89. The molecule has 1 N–H and O–H groups in total. The number of benzene rings is 1. The van der Waals surface area contributed by atoms with Crippen LogP contribution in [0.3, 0.4) is 0 Å². The number of amides is 2. The van der Waals surface area contributed by atoms with E-state index in [-0.39, 0.29) is 22.9 Å². The summed E-state index contributed by atoms with van der Waals surface area (Å²) in [5, 5.41) is 3.48. The van der Waals surface area contributed by atoms with Crippen molar-refractivity contribution in [3.63, 3.8) is 0 Å². The molecule has 0 spiro atoms. The number of nitrogens with one attached hydrogen (secondary N) is 1. The summed E-state index contributed by atoms with van der Waals surface area (Å²) in [6.45, 7) is 0.517. The van der Waals surface area contributed by atoms with Gasteiger partial charge >= 0.3 is 0 Å². The number of hydrogen-bond donors (Lipinski definition) is 1. The fourth-order valence-electron chi connectivity index (χ4n) is 2.07. The fourth-order valence-corrected chi connectivity index (χ4v) is 2.46. The molecule has 2 rings (SSSR count). The van der Waals surface area contributed by atoms with E-state index in [4.69, 9.17) is 23.2 Å². The highest BCUT2D eigenvalue weighted by molar-refractivity contribution is 6.43. The van der Waals surface area contributed by atoms with E-state index in [0.29, 0.717) is 30.0 Å². The number of likely N-dealkylation sites (tertiary alicyclic amines) is 1. The van der Waals surface area contributed by atoms with Crippen LogP contribution in [0.4, 0.5) is 0 Å². The van der Waals surface area contributed by atoms with Gasteiger partial charge in [-0.2, -0.15) is 0 Å². The van der Waals surface area contributed by atoms with Crippen molar-refractivity contribution in [3.8, 4) is 0 Å². The Bertz CT molecular complexity index is 519. The van der Waals surface area contributed by atoms with Gasteiger partial charge in [0.05, 0.1) is 15.6 Å². The highest BCUT2D eigenvalue weighted by Gasteiger charge is 2.25. The molecule has 1 fully saturated rings. The van der Waals surface area contributed by atoms with Gasteiger partial charge in [-0.25, -0.2) is 0 Å². The molecule has 1 atom stereocenters. The zero-order valence-corrected chi connectivity index (χ0v) is 12.0. The molecular weight excluding hydrogens is 287 g/mol. The number of piperidine rings is 1. The third kappa shape index (κ3) is 3.19. The molecule has 1 aromatic rings. The molecule has 19 heavy (non-hydrogen) atoms. The van der Waals surface area contributed by atoms with Crippen molar-refractivity contribution in [2.24, 2.45) is 0 Å². The van der Waals surface area contributed by atoms with Crippen molar-refractivity contribution >= 4 is 35.0 Å². The quantitative estimate of drug-likeness (QED) is 0.911. The topological polar surface area (TPSA) is 49.4 Å². The van der Waals surface area contributed by atoms with Crippen LogP contribution in [0.1, 0.15) is 23.2 Å². The van der Waals surface area contributed by atoms with Crippen LogP contribution < -0.4 is 5.32 Å². The van der Waals surface area contributed by atoms with Crippen LogP contribution in [0.15, 0.2) is 18.2 Å². The lowest BCUT2D eigenvalue weighted by molar-refractivity contribution is -0.132. The van der Waals surface area contributed by atoms with Crippen LogP contribution in [-0.2, 0) is 4.79 Å². The Balaban J connectivity index is 2.05. The summed E-state index contributed by atoms with van der Waals surface area (Å²) in [4.78, 5) is 25.1. The minimum absolute atomic E-state index is 0.0507. The fraction of sp³-hybridized carbons (Fsp3) is 0.385. The van der Waals surface area contributed by atoms with Crippen molar-refractivity contribution < 1.29 is 9.59 Å². The summed E-state index contributed by atoms with van der Waals surface area (Å²) in [5.41, 5.74) is 0.355. The monoisotopic (exact) mass is 300 g/mol. The van der Waals surface area contributed by atoms with Crippen LogP contribution >= 0.6 is 23.2 Å². The van der Waals surface area contributed by atoms with E-state index in [0.717, 1.165) is 0 Å². The normalized spacial score (nSPS) is 19.4.